The number of anilines is 3. The standard InChI is InChI=1S/C64H45NS/c1-63(2)53-32-14-10-28-50(53)61-48(30-19-34-56(61)63)46-26-11-16-35-57(46)65(58-36-17-12-27-47(58)49-31-20-38-60-62(49)51-29-13-18-37-59(51)66-60)44-39-40-55-52(41-44)45-25-9-15-33-54(45)64(55,42-21-5-3-6-22-42)43-23-7-4-8-24-43/h3-41H,1-2H3. The molecule has 0 spiro atoms. The number of benzene rings is 10. The minimum absolute atomic E-state index is 0.122. The molecule has 1 nitrogen and oxygen atoms in total. The zero-order chi connectivity index (χ0) is 44.0. The quantitative estimate of drug-likeness (QED) is 0.154. The molecule has 312 valence electrons. The van der Waals surface area contributed by atoms with Crippen molar-refractivity contribution in [1.82, 2.24) is 0 Å². The second-order valence-electron chi connectivity index (χ2n) is 18.3. The molecule has 66 heavy (non-hydrogen) atoms. The third-order valence-electron chi connectivity index (χ3n) is 14.6. The molecule has 0 unspecified atom stereocenters. The predicted octanol–water partition coefficient (Wildman–Crippen LogP) is 17.5. The van der Waals surface area contributed by atoms with Crippen LogP contribution < -0.4 is 4.90 Å². The SMILES string of the molecule is CC1(C)c2ccccc2-c2c(-c3ccccc3N(c3ccc4c(c3)-c3ccccc3C4(c3ccccc3)c3ccccc3)c3ccccc3-c3cccc4sc5ccccc5c34)cccc21. The van der Waals surface area contributed by atoms with Crippen molar-refractivity contribution in [2.45, 2.75) is 24.7 Å². The van der Waals surface area contributed by atoms with Gasteiger partial charge in [-0.2, -0.15) is 0 Å². The largest absolute Gasteiger partial charge is 0.309 e. The van der Waals surface area contributed by atoms with E-state index in [1.54, 1.807) is 0 Å². The molecule has 0 N–H and O–H groups in total. The van der Waals surface area contributed by atoms with Gasteiger partial charge >= 0.3 is 0 Å². The molecule has 0 saturated carbocycles. The minimum Gasteiger partial charge on any atom is -0.309 e. The van der Waals surface area contributed by atoms with Gasteiger partial charge in [0.25, 0.3) is 0 Å². The Kier molecular flexibility index (Phi) is 8.72. The lowest BCUT2D eigenvalue weighted by Crippen LogP contribution is -2.28. The number of rotatable bonds is 7. The monoisotopic (exact) mass is 859 g/mol. The Bertz CT molecular complexity index is 3650. The van der Waals surface area contributed by atoms with Crippen molar-refractivity contribution in [3.63, 3.8) is 0 Å². The second-order valence-corrected chi connectivity index (χ2v) is 19.4. The van der Waals surface area contributed by atoms with Gasteiger partial charge in [-0.05, 0) is 103 Å². The average molecular weight is 860 g/mol. The summed E-state index contributed by atoms with van der Waals surface area (Å²) in [5.41, 5.74) is 20.6. The van der Waals surface area contributed by atoms with E-state index in [4.69, 9.17) is 0 Å². The topological polar surface area (TPSA) is 3.24 Å². The molecule has 0 amide bonds. The summed E-state index contributed by atoms with van der Waals surface area (Å²) in [5.74, 6) is 0. The molecule has 0 saturated heterocycles. The second kappa shape index (κ2) is 14.9. The van der Waals surface area contributed by atoms with E-state index in [-0.39, 0.29) is 5.41 Å². The number of hydrogen-bond donors (Lipinski definition) is 0. The fourth-order valence-electron chi connectivity index (χ4n) is 11.8. The van der Waals surface area contributed by atoms with Gasteiger partial charge in [0.2, 0.25) is 0 Å². The maximum absolute atomic E-state index is 2.55. The van der Waals surface area contributed by atoms with Crippen LogP contribution in [0.15, 0.2) is 237 Å². The molecule has 2 aliphatic carbocycles. The molecule has 0 fully saturated rings. The molecule has 13 rings (SSSR count). The Morgan fingerprint density at radius 2 is 0.848 bits per heavy atom. The normalized spacial score (nSPS) is 13.8. The van der Waals surface area contributed by atoms with Gasteiger partial charge in [0, 0.05) is 42.4 Å². The number of fused-ring (bicyclic) bond motifs is 9. The first-order valence-electron chi connectivity index (χ1n) is 23.0. The number of hydrogen-bond acceptors (Lipinski definition) is 2. The molecule has 2 aliphatic rings. The van der Waals surface area contributed by atoms with E-state index in [9.17, 15) is 0 Å². The van der Waals surface area contributed by atoms with E-state index in [1.807, 2.05) is 11.3 Å². The van der Waals surface area contributed by atoms with E-state index in [1.165, 1.54) is 98.1 Å². The highest BCUT2D eigenvalue weighted by molar-refractivity contribution is 7.25. The van der Waals surface area contributed by atoms with E-state index >= 15 is 0 Å². The van der Waals surface area contributed by atoms with Gasteiger partial charge in [-0.3, -0.25) is 0 Å². The zero-order valence-corrected chi connectivity index (χ0v) is 37.7. The Hall–Kier alpha value is -7.78. The first-order valence-corrected chi connectivity index (χ1v) is 23.8. The van der Waals surface area contributed by atoms with Crippen LogP contribution in [-0.4, -0.2) is 0 Å². The molecule has 2 heteroatoms. The van der Waals surface area contributed by atoms with Crippen LogP contribution in [0.4, 0.5) is 17.1 Å². The summed E-state index contributed by atoms with van der Waals surface area (Å²) in [4.78, 5) is 2.55. The van der Waals surface area contributed by atoms with E-state index in [0.29, 0.717) is 0 Å². The average Bonchev–Trinajstić information content (AvgIpc) is 3.99. The van der Waals surface area contributed by atoms with Crippen LogP contribution >= 0.6 is 11.3 Å². The van der Waals surface area contributed by atoms with Gasteiger partial charge in [0.15, 0.2) is 0 Å². The fraction of sp³-hybridized carbons (Fsp3) is 0.0625. The molecule has 1 heterocycles. The fourth-order valence-corrected chi connectivity index (χ4v) is 12.9. The van der Waals surface area contributed by atoms with Gasteiger partial charge < -0.3 is 4.90 Å². The van der Waals surface area contributed by atoms with Gasteiger partial charge in [-0.1, -0.05) is 214 Å². The third kappa shape index (κ3) is 5.52. The van der Waals surface area contributed by atoms with E-state index in [2.05, 4.69) is 255 Å². The first kappa shape index (κ1) is 38.7. The summed E-state index contributed by atoms with van der Waals surface area (Å²) in [6.45, 7) is 4.75. The smallest absolute Gasteiger partial charge is 0.0713 e. The van der Waals surface area contributed by atoms with Crippen molar-refractivity contribution in [1.29, 1.82) is 0 Å². The maximum Gasteiger partial charge on any atom is 0.0713 e. The Balaban J connectivity index is 1.11. The van der Waals surface area contributed by atoms with Crippen molar-refractivity contribution >= 4 is 48.6 Å². The third-order valence-corrected chi connectivity index (χ3v) is 15.7. The highest BCUT2D eigenvalue weighted by Gasteiger charge is 2.46. The summed E-state index contributed by atoms with van der Waals surface area (Å²) in [7, 11) is 0. The lowest BCUT2D eigenvalue weighted by molar-refractivity contribution is 0.660. The molecule has 0 bridgehead atoms. The van der Waals surface area contributed by atoms with Gasteiger partial charge in [-0.15, -0.1) is 11.3 Å². The Morgan fingerprint density at radius 3 is 1.58 bits per heavy atom. The molecule has 1 aromatic heterocycles. The molecule has 0 radical (unpaired) electrons. The summed E-state index contributed by atoms with van der Waals surface area (Å²) in [6.07, 6.45) is 0. The van der Waals surface area contributed by atoms with Gasteiger partial charge in [-0.25, -0.2) is 0 Å². The van der Waals surface area contributed by atoms with Crippen LogP contribution in [0.25, 0.3) is 64.7 Å². The van der Waals surface area contributed by atoms with E-state index < -0.39 is 5.41 Å². The number of para-hydroxylation sites is 2. The van der Waals surface area contributed by atoms with Crippen LogP contribution in [0, 0.1) is 0 Å². The molecule has 11 aromatic rings. The summed E-state index contributed by atoms with van der Waals surface area (Å²) >= 11 is 1.87. The summed E-state index contributed by atoms with van der Waals surface area (Å²) < 4.78 is 2.60. The van der Waals surface area contributed by atoms with Crippen molar-refractivity contribution in [3.05, 3.63) is 270 Å². The van der Waals surface area contributed by atoms with Crippen LogP contribution in [0.2, 0.25) is 0 Å². The van der Waals surface area contributed by atoms with Gasteiger partial charge in [0.05, 0.1) is 16.8 Å². The van der Waals surface area contributed by atoms with Crippen LogP contribution in [0.3, 0.4) is 0 Å². The predicted molar refractivity (Wildman–Crippen MR) is 280 cm³/mol. The Labute approximate surface area is 390 Å². The molecular weight excluding hydrogens is 815 g/mol. The van der Waals surface area contributed by atoms with E-state index in [0.717, 1.165) is 17.1 Å². The van der Waals surface area contributed by atoms with Crippen molar-refractivity contribution in [3.8, 4) is 44.5 Å². The van der Waals surface area contributed by atoms with Crippen molar-refractivity contribution < 1.29 is 0 Å². The highest BCUT2D eigenvalue weighted by atomic mass is 32.1. The summed E-state index contributed by atoms with van der Waals surface area (Å²) in [5, 5.41) is 2.60. The Morgan fingerprint density at radius 1 is 0.348 bits per heavy atom. The van der Waals surface area contributed by atoms with Crippen LogP contribution in [0.5, 0.6) is 0 Å². The lowest BCUT2D eigenvalue weighted by Gasteiger charge is -2.34. The molecule has 0 atom stereocenters. The molecule has 0 aliphatic heterocycles. The lowest BCUT2D eigenvalue weighted by atomic mass is 9.68. The molecular formula is C64H45NS. The van der Waals surface area contributed by atoms with Crippen molar-refractivity contribution in [2.24, 2.45) is 0 Å². The van der Waals surface area contributed by atoms with Crippen molar-refractivity contribution in [2.75, 3.05) is 4.90 Å². The summed E-state index contributed by atoms with van der Waals surface area (Å²) in [6, 6.07) is 88.3. The number of thiophene rings is 1. The first-order chi connectivity index (χ1) is 32.5. The minimum atomic E-state index is -0.492. The van der Waals surface area contributed by atoms with Crippen LogP contribution in [-0.2, 0) is 10.8 Å². The van der Waals surface area contributed by atoms with Crippen LogP contribution in [0.1, 0.15) is 47.2 Å². The zero-order valence-electron chi connectivity index (χ0n) is 36.9. The van der Waals surface area contributed by atoms with Gasteiger partial charge in [0.1, 0.15) is 0 Å². The number of nitrogens with zero attached hydrogens (tertiary/aromatic N) is 1. The maximum atomic E-state index is 2.55. The highest BCUT2D eigenvalue weighted by Crippen LogP contribution is 2.59. The molecule has 10 aromatic carbocycles.